The highest BCUT2D eigenvalue weighted by atomic mass is 35.5. The van der Waals surface area contributed by atoms with Crippen molar-refractivity contribution in [2.24, 2.45) is 0 Å². The van der Waals surface area contributed by atoms with E-state index in [0.29, 0.717) is 6.04 Å². The Morgan fingerprint density at radius 2 is 1.57 bits per heavy atom. The number of aromatic nitrogens is 4. The van der Waals surface area contributed by atoms with Gasteiger partial charge in [0.05, 0.1) is 49.6 Å². The highest BCUT2D eigenvalue weighted by molar-refractivity contribution is 7.99. The molecule has 67 heavy (non-hydrogen) atoms. The molecule has 1 aromatic carbocycles. The van der Waals surface area contributed by atoms with Gasteiger partial charge in [-0.3, -0.25) is 19.1 Å². The highest BCUT2D eigenvalue weighted by Crippen LogP contribution is 2.30. The molecule has 0 radical (unpaired) electrons. The Labute approximate surface area is 402 Å². The summed E-state index contributed by atoms with van der Waals surface area (Å²) in [6, 6.07) is 4.29. The fourth-order valence-electron chi connectivity index (χ4n) is 5.43. The minimum atomic E-state index is -4.59. The quantitative estimate of drug-likeness (QED) is 0.0276. The second kappa shape index (κ2) is 24.9. The van der Waals surface area contributed by atoms with Crippen molar-refractivity contribution in [2.75, 3.05) is 44.0 Å². The number of carbonyl (C=O) groups is 6. The van der Waals surface area contributed by atoms with Crippen LogP contribution in [0.4, 0.5) is 10.5 Å². The van der Waals surface area contributed by atoms with Gasteiger partial charge in [-0.1, -0.05) is 56.9 Å². The molecular weight excluding hydrogens is 968 g/mol. The van der Waals surface area contributed by atoms with Crippen LogP contribution in [0.3, 0.4) is 0 Å². The lowest BCUT2D eigenvalue weighted by molar-refractivity contribution is -0.146. The third kappa shape index (κ3) is 19.6. The number of halogens is 1. The van der Waals surface area contributed by atoms with Crippen LogP contribution >= 0.6 is 23.4 Å². The van der Waals surface area contributed by atoms with E-state index in [-0.39, 0.29) is 84.3 Å². The maximum absolute atomic E-state index is 13.7. The van der Waals surface area contributed by atoms with E-state index in [4.69, 9.17) is 35.3 Å². The Balaban J connectivity index is 1.88. The topological polar surface area (TPSA) is 274 Å². The van der Waals surface area contributed by atoms with Gasteiger partial charge in [0.15, 0.2) is 5.65 Å². The summed E-state index contributed by atoms with van der Waals surface area (Å²) < 4.78 is 57.1. The third-order valence-electron chi connectivity index (χ3n) is 8.95. The standard InChI is InChI=1S/C41H63ClN8O13S2Si2/c1-12-60-39-47-32(24-30-46-38(48-50(30)39)65(57,58)49-34-26(36(54)59-5)14-13-15-27(34)42)64-25-29(35(53)43-19-18-33(52)61-20-22-66(6,7)8)44-31(51)17-16-28(45-40(56)63-41(2,3)4)37(55)62-21-23-67(9,10)11/h13-15,24,28-29,49H,12,16-23,25H2,1-11H3,(H,43,53)(H,44,51)(H,45,56)/t28-,29+/m1/s1. The smallest absolute Gasteiger partial charge is 0.408 e. The summed E-state index contributed by atoms with van der Waals surface area (Å²) in [5.41, 5.74) is -1.33. The van der Waals surface area contributed by atoms with Crippen molar-refractivity contribution in [3.8, 4) is 6.01 Å². The number of thioether (sulfide) groups is 1. The lowest BCUT2D eigenvalue weighted by atomic mass is 10.1. The third-order valence-corrected chi connectivity index (χ3v) is 14.8. The Morgan fingerprint density at radius 1 is 0.910 bits per heavy atom. The normalized spacial score (nSPS) is 12.9. The molecular formula is C41H63ClN8O13S2Si2. The number of hydrogen-bond donors (Lipinski definition) is 4. The molecule has 0 unspecified atom stereocenters. The molecule has 0 fully saturated rings. The van der Waals surface area contributed by atoms with Gasteiger partial charge in [-0.05, 0) is 58.3 Å². The van der Waals surface area contributed by atoms with E-state index in [9.17, 15) is 37.2 Å². The SMILES string of the molecule is CCOc1nc(SC[C@H](NC(=O)CC[C@@H](NC(=O)OC(C)(C)C)C(=O)OCC[Si](C)(C)C)C(=O)NCCC(=O)OCC[Si](C)(C)C)cc2nc(S(=O)(=O)Nc3c(Cl)cccc3C(=O)OC)nn12. The summed E-state index contributed by atoms with van der Waals surface area (Å²) in [5.74, 6) is -3.59. The molecule has 2 heterocycles. The minimum Gasteiger partial charge on any atom is -0.466 e. The van der Waals surface area contributed by atoms with Crippen LogP contribution in [0.1, 0.15) is 57.3 Å². The van der Waals surface area contributed by atoms with E-state index < -0.39 is 84.8 Å². The molecule has 0 aliphatic rings. The number of fused-ring (bicyclic) bond motifs is 1. The lowest BCUT2D eigenvalue weighted by Crippen LogP contribution is -2.49. The fraction of sp³-hybridized carbons (Fsp3) is 0.585. The molecule has 0 bridgehead atoms. The first-order valence-corrected chi connectivity index (χ1v) is 31.7. The number of anilines is 1. The summed E-state index contributed by atoms with van der Waals surface area (Å²) in [5, 5.41) is 11.3. The molecule has 4 N–H and O–H groups in total. The van der Waals surface area contributed by atoms with Gasteiger partial charge in [0.1, 0.15) is 22.7 Å². The maximum Gasteiger partial charge on any atom is 0.408 e. The van der Waals surface area contributed by atoms with E-state index in [2.05, 4.69) is 75.0 Å². The number of ether oxygens (including phenoxy) is 5. The summed E-state index contributed by atoms with van der Waals surface area (Å²) >= 11 is 7.24. The number of nitrogens with zero attached hydrogens (tertiary/aromatic N) is 4. The predicted octanol–water partition coefficient (Wildman–Crippen LogP) is 5.28. The number of hydrogen-bond acceptors (Lipinski definition) is 17. The van der Waals surface area contributed by atoms with Crippen LogP contribution in [-0.4, -0.2) is 137 Å². The van der Waals surface area contributed by atoms with Crippen molar-refractivity contribution < 1.29 is 60.9 Å². The molecule has 0 aliphatic heterocycles. The number of alkyl carbamates (subject to hydrolysis) is 1. The molecule has 26 heteroatoms. The second-order valence-corrected chi connectivity index (χ2v) is 32.7. The number of amides is 3. The minimum absolute atomic E-state index is 0.0355. The predicted molar refractivity (Wildman–Crippen MR) is 256 cm³/mol. The molecule has 0 saturated heterocycles. The van der Waals surface area contributed by atoms with Gasteiger partial charge in [-0.15, -0.1) is 16.9 Å². The number of para-hydroxylation sites is 1. The van der Waals surface area contributed by atoms with Crippen LogP contribution in [0.2, 0.25) is 56.4 Å². The number of benzene rings is 1. The Kier molecular flexibility index (Phi) is 20.9. The average molecular weight is 1030 g/mol. The van der Waals surface area contributed by atoms with Gasteiger partial charge in [0.25, 0.3) is 15.2 Å². The number of methoxy groups -OCH3 is 1. The number of nitrogens with one attached hydrogen (secondary N) is 4. The largest absolute Gasteiger partial charge is 0.466 e. The lowest BCUT2D eigenvalue weighted by Gasteiger charge is -2.24. The van der Waals surface area contributed by atoms with Gasteiger partial charge in [0, 0.05) is 40.9 Å². The van der Waals surface area contributed by atoms with Gasteiger partial charge in [0.2, 0.25) is 11.8 Å². The van der Waals surface area contributed by atoms with Crippen LogP contribution < -0.4 is 25.4 Å². The molecule has 372 valence electrons. The number of esters is 3. The summed E-state index contributed by atoms with van der Waals surface area (Å²) in [6.07, 6.45) is -1.55. The van der Waals surface area contributed by atoms with E-state index in [1.165, 1.54) is 24.3 Å². The first kappa shape index (κ1) is 56.3. The van der Waals surface area contributed by atoms with E-state index in [0.717, 1.165) is 29.4 Å². The van der Waals surface area contributed by atoms with E-state index in [1.807, 2.05) is 0 Å². The molecule has 0 spiro atoms. The van der Waals surface area contributed by atoms with Crippen LogP contribution in [0.15, 0.2) is 34.4 Å². The Morgan fingerprint density at radius 3 is 2.18 bits per heavy atom. The van der Waals surface area contributed by atoms with Crippen LogP contribution in [0, 0.1) is 0 Å². The molecule has 0 aliphatic carbocycles. The van der Waals surface area contributed by atoms with Crippen molar-refractivity contribution in [1.82, 2.24) is 35.5 Å². The summed E-state index contributed by atoms with van der Waals surface area (Å²) in [7, 11) is -6.50. The van der Waals surface area contributed by atoms with Crippen molar-refractivity contribution in [3.63, 3.8) is 0 Å². The van der Waals surface area contributed by atoms with Crippen molar-refractivity contribution in [3.05, 3.63) is 34.9 Å². The van der Waals surface area contributed by atoms with Crippen LogP contribution in [-0.2, 0) is 48.1 Å². The Hall–Kier alpha value is -4.99. The molecule has 2 atom stereocenters. The Bertz CT molecular complexity index is 2350. The van der Waals surface area contributed by atoms with Crippen LogP contribution in [0.25, 0.3) is 5.65 Å². The molecule has 3 aromatic rings. The first-order valence-electron chi connectivity index (χ1n) is 21.4. The monoisotopic (exact) mass is 1030 g/mol. The summed E-state index contributed by atoms with van der Waals surface area (Å²) in [4.78, 5) is 86.6. The maximum atomic E-state index is 13.7. The molecule has 3 amide bonds. The van der Waals surface area contributed by atoms with E-state index >= 15 is 0 Å². The zero-order valence-electron chi connectivity index (χ0n) is 39.8. The van der Waals surface area contributed by atoms with Gasteiger partial charge in [-0.2, -0.15) is 22.9 Å². The molecule has 3 rings (SSSR count). The number of sulfonamides is 1. The van der Waals surface area contributed by atoms with Crippen molar-refractivity contribution in [2.45, 2.75) is 126 Å². The van der Waals surface area contributed by atoms with Gasteiger partial charge >= 0.3 is 30.0 Å². The average Bonchev–Trinajstić information content (AvgIpc) is 3.65. The number of rotatable bonds is 25. The number of carbonyl (C=O) groups excluding carboxylic acids is 6. The van der Waals surface area contributed by atoms with Gasteiger partial charge in [-0.25, -0.2) is 14.4 Å². The zero-order valence-corrected chi connectivity index (χ0v) is 44.2. The highest BCUT2D eigenvalue weighted by Gasteiger charge is 2.30. The molecule has 2 aromatic heterocycles. The second-order valence-electron chi connectivity index (χ2n) is 18.5. The fourth-order valence-corrected chi connectivity index (χ4v) is 9.02. The van der Waals surface area contributed by atoms with E-state index in [1.54, 1.807) is 27.7 Å². The first-order chi connectivity index (χ1) is 31.1. The van der Waals surface area contributed by atoms with Gasteiger partial charge < -0.3 is 39.6 Å². The zero-order chi connectivity index (χ0) is 50.3. The molecule has 21 nitrogen and oxygen atoms in total. The van der Waals surface area contributed by atoms with Crippen molar-refractivity contribution in [1.29, 1.82) is 0 Å². The van der Waals surface area contributed by atoms with Crippen molar-refractivity contribution >= 4 is 96.7 Å². The van der Waals surface area contributed by atoms with Crippen LogP contribution in [0.5, 0.6) is 6.01 Å². The molecule has 0 saturated carbocycles. The summed E-state index contributed by atoms with van der Waals surface area (Å²) in [6.45, 7) is 19.8.